The molecule has 0 spiro atoms. The van der Waals surface area contributed by atoms with Gasteiger partial charge in [0.25, 0.3) is 11.7 Å². The van der Waals surface area contributed by atoms with Crippen molar-refractivity contribution >= 4 is 17.4 Å². The number of likely N-dealkylation sites (tertiary alicyclic amines) is 1. The second-order valence-corrected chi connectivity index (χ2v) is 8.21. The van der Waals surface area contributed by atoms with Crippen LogP contribution in [-0.4, -0.2) is 34.4 Å². The van der Waals surface area contributed by atoms with E-state index in [9.17, 15) is 14.7 Å². The van der Waals surface area contributed by atoms with E-state index in [1.54, 1.807) is 60.7 Å². The van der Waals surface area contributed by atoms with Gasteiger partial charge in [0.2, 0.25) is 0 Å². The molecule has 1 fully saturated rings. The number of nitrogens with zero attached hydrogens (tertiary/aromatic N) is 1. The number of benzene rings is 2. The van der Waals surface area contributed by atoms with Gasteiger partial charge >= 0.3 is 0 Å². The fraction of sp³-hybridized carbons (Fsp3) is 0.259. The van der Waals surface area contributed by atoms with Gasteiger partial charge in [-0.25, -0.2) is 0 Å². The van der Waals surface area contributed by atoms with E-state index in [0.717, 1.165) is 0 Å². The largest absolute Gasteiger partial charge is 0.507 e. The third-order valence-electron chi connectivity index (χ3n) is 5.41. The lowest BCUT2D eigenvalue weighted by molar-refractivity contribution is -0.140. The van der Waals surface area contributed by atoms with Crippen molar-refractivity contribution in [2.24, 2.45) is 0 Å². The molecule has 1 atom stereocenters. The molecule has 3 aromatic rings. The average molecular weight is 462 g/mol. The molecule has 1 saturated heterocycles. The van der Waals surface area contributed by atoms with Crippen LogP contribution < -0.4 is 9.47 Å². The molecule has 1 unspecified atom stereocenters. The SMILES string of the molecule is CCOc1cccc(C2/C(=C(/O)c3cccc(OC(C)C)c3)C(=O)C(=O)N2Cc2ccco2)c1. The minimum atomic E-state index is -0.819. The first kappa shape index (κ1) is 23.2. The molecule has 1 aliphatic rings. The first-order chi connectivity index (χ1) is 16.4. The first-order valence-electron chi connectivity index (χ1n) is 11.2. The first-order valence-corrected chi connectivity index (χ1v) is 11.2. The number of carbonyl (C=O) groups is 2. The summed E-state index contributed by atoms with van der Waals surface area (Å²) in [4.78, 5) is 27.7. The second kappa shape index (κ2) is 9.87. The Morgan fingerprint density at radius 2 is 1.82 bits per heavy atom. The lowest BCUT2D eigenvalue weighted by atomic mass is 9.95. The summed E-state index contributed by atoms with van der Waals surface area (Å²) in [6.45, 7) is 6.23. The Kier molecular flexibility index (Phi) is 6.72. The predicted octanol–water partition coefficient (Wildman–Crippen LogP) is 5.09. The van der Waals surface area contributed by atoms with Crippen LogP contribution in [0.1, 0.15) is 43.7 Å². The molecule has 2 aromatic carbocycles. The molecule has 0 aliphatic carbocycles. The standard InChI is InChI=1S/C27H27NO6/c1-4-32-20-10-5-8-18(14-20)24-23(25(29)19-9-6-11-21(15-19)34-17(2)3)26(30)27(31)28(24)16-22-12-7-13-33-22/h5-15,17,24,29H,4,16H2,1-3H3/b25-23-. The Balaban J connectivity index is 1.84. The number of rotatable bonds is 8. The van der Waals surface area contributed by atoms with Gasteiger partial charge in [0.15, 0.2) is 0 Å². The van der Waals surface area contributed by atoms with E-state index in [1.807, 2.05) is 20.8 Å². The van der Waals surface area contributed by atoms with Crippen LogP contribution in [0.2, 0.25) is 0 Å². The number of hydrogen-bond acceptors (Lipinski definition) is 6. The van der Waals surface area contributed by atoms with Gasteiger partial charge in [0, 0.05) is 5.56 Å². The van der Waals surface area contributed by atoms with E-state index < -0.39 is 17.7 Å². The summed E-state index contributed by atoms with van der Waals surface area (Å²) in [7, 11) is 0. The van der Waals surface area contributed by atoms with Crippen LogP contribution in [0.4, 0.5) is 0 Å². The molecule has 7 heteroatoms. The van der Waals surface area contributed by atoms with Gasteiger partial charge in [-0.15, -0.1) is 0 Å². The van der Waals surface area contributed by atoms with Gasteiger partial charge in [-0.1, -0.05) is 24.3 Å². The summed E-state index contributed by atoms with van der Waals surface area (Å²) in [6.07, 6.45) is 1.45. The molecular formula is C27H27NO6. The monoisotopic (exact) mass is 461 g/mol. The summed E-state index contributed by atoms with van der Waals surface area (Å²) >= 11 is 0. The fourth-order valence-electron chi connectivity index (χ4n) is 4.05. The van der Waals surface area contributed by atoms with Crippen LogP contribution in [0.3, 0.4) is 0 Å². The Morgan fingerprint density at radius 3 is 2.53 bits per heavy atom. The zero-order valence-electron chi connectivity index (χ0n) is 19.4. The average Bonchev–Trinajstić information content (AvgIpc) is 3.41. The van der Waals surface area contributed by atoms with Crippen LogP contribution in [0.5, 0.6) is 11.5 Å². The molecule has 34 heavy (non-hydrogen) atoms. The minimum Gasteiger partial charge on any atom is -0.507 e. The number of furan rings is 1. The second-order valence-electron chi connectivity index (χ2n) is 8.21. The van der Waals surface area contributed by atoms with Crippen molar-refractivity contribution in [3.8, 4) is 11.5 Å². The summed E-state index contributed by atoms with van der Waals surface area (Å²) in [5.74, 6) is -0.0402. The van der Waals surface area contributed by atoms with Crippen molar-refractivity contribution in [1.29, 1.82) is 0 Å². The molecule has 0 radical (unpaired) electrons. The summed E-state index contributed by atoms with van der Waals surface area (Å²) < 4.78 is 16.8. The topological polar surface area (TPSA) is 89.2 Å². The highest BCUT2D eigenvalue weighted by Crippen LogP contribution is 2.41. The molecule has 7 nitrogen and oxygen atoms in total. The van der Waals surface area contributed by atoms with Gasteiger partial charge in [-0.3, -0.25) is 9.59 Å². The van der Waals surface area contributed by atoms with E-state index in [4.69, 9.17) is 13.9 Å². The van der Waals surface area contributed by atoms with E-state index in [1.165, 1.54) is 11.2 Å². The van der Waals surface area contributed by atoms with E-state index in [0.29, 0.717) is 35.0 Å². The molecule has 1 N–H and O–H groups in total. The van der Waals surface area contributed by atoms with Crippen LogP contribution in [-0.2, 0) is 16.1 Å². The highest BCUT2D eigenvalue weighted by Gasteiger charge is 2.46. The number of Topliss-reactive ketones (excluding diaryl/α,β-unsaturated/α-hetero) is 1. The van der Waals surface area contributed by atoms with Gasteiger partial charge in [0.05, 0.1) is 37.1 Å². The van der Waals surface area contributed by atoms with Gasteiger partial charge < -0.3 is 23.9 Å². The molecular weight excluding hydrogens is 434 g/mol. The van der Waals surface area contributed by atoms with Crippen molar-refractivity contribution in [2.45, 2.75) is 39.5 Å². The molecule has 4 rings (SSSR count). The Hall–Kier alpha value is -4.00. The predicted molar refractivity (Wildman–Crippen MR) is 126 cm³/mol. The number of carbonyl (C=O) groups excluding carboxylic acids is 2. The highest BCUT2D eigenvalue weighted by molar-refractivity contribution is 6.46. The van der Waals surface area contributed by atoms with Crippen LogP contribution in [0, 0.1) is 0 Å². The molecule has 1 aromatic heterocycles. The lowest BCUT2D eigenvalue weighted by Crippen LogP contribution is -2.29. The van der Waals surface area contributed by atoms with Crippen LogP contribution in [0.25, 0.3) is 5.76 Å². The quantitative estimate of drug-likeness (QED) is 0.286. The summed E-state index contributed by atoms with van der Waals surface area (Å²) in [6, 6.07) is 16.7. The summed E-state index contributed by atoms with van der Waals surface area (Å²) in [5, 5.41) is 11.3. The number of hydrogen-bond donors (Lipinski definition) is 1. The van der Waals surface area contributed by atoms with Crippen molar-refractivity contribution in [1.82, 2.24) is 4.90 Å². The van der Waals surface area contributed by atoms with Crippen molar-refractivity contribution in [3.63, 3.8) is 0 Å². The molecule has 0 bridgehead atoms. The smallest absolute Gasteiger partial charge is 0.296 e. The third kappa shape index (κ3) is 4.69. The Bertz CT molecular complexity index is 1210. The number of aliphatic hydroxyl groups is 1. The van der Waals surface area contributed by atoms with E-state index >= 15 is 0 Å². The van der Waals surface area contributed by atoms with Crippen LogP contribution >= 0.6 is 0 Å². The number of amides is 1. The molecule has 1 amide bonds. The van der Waals surface area contributed by atoms with Gasteiger partial charge in [0.1, 0.15) is 23.0 Å². The van der Waals surface area contributed by atoms with Crippen LogP contribution in [0.15, 0.2) is 76.9 Å². The number of ether oxygens (including phenoxy) is 2. The maximum absolute atomic E-state index is 13.2. The van der Waals surface area contributed by atoms with Crippen molar-refractivity contribution in [3.05, 3.63) is 89.4 Å². The fourth-order valence-corrected chi connectivity index (χ4v) is 4.05. The normalized spacial score (nSPS) is 17.4. The third-order valence-corrected chi connectivity index (χ3v) is 5.41. The van der Waals surface area contributed by atoms with Crippen molar-refractivity contribution in [2.75, 3.05) is 6.61 Å². The Morgan fingerprint density at radius 1 is 1.06 bits per heavy atom. The lowest BCUT2D eigenvalue weighted by Gasteiger charge is -2.25. The molecule has 2 heterocycles. The van der Waals surface area contributed by atoms with Gasteiger partial charge in [-0.05, 0) is 62.7 Å². The van der Waals surface area contributed by atoms with E-state index in [2.05, 4.69) is 0 Å². The zero-order chi connectivity index (χ0) is 24.2. The highest BCUT2D eigenvalue weighted by atomic mass is 16.5. The number of aliphatic hydroxyl groups excluding tert-OH is 1. The molecule has 1 aliphatic heterocycles. The minimum absolute atomic E-state index is 0.00639. The zero-order valence-corrected chi connectivity index (χ0v) is 19.4. The maximum Gasteiger partial charge on any atom is 0.296 e. The van der Waals surface area contributed by atoms with Gasteiger partial charge in [-0.2, -0.15) is 0 Å². The summed E-state index contributed by atoms with van der Waals surface area (Å²) in [5.41, 5.74) is 1.04. The Labute approximate surface area is 198 Å². The number of ketones is 1. The van der Waals surface area contributed by atoms with E-state index in [-0.39, 0.29) is 24.0 Å². The van der Waals surface area contributed by atoms with Crippen molar-refractivity contribution < 1.29 is 28.6 Å². The molecule has 176 valence electrons. The molecule has 0 saturated carbocycles. The maximum atomic E-state index is 13.2.